The summed E-state index contributed by atoms with van der Waals surface area (Å²) in [5.74, 6) is -1.35. The van der Waals surface area contributed by atoms with Gasteiger partial charge in [0.25, 0.3) is 0 Å². The minimum Gasteiger partial charge on any atom is -0.286 e. The Hall–Kier alpha value is -2.21. The van der Waals surface area contributed by atoms with Crippen molar-refractivity contribution in [1.29, 1.82) is 0 Å². The summed E-state index contributed by atoms with van der Waals surface area (Å²) in [6.45, 7) is 3.81. The van der Waals surface area contributed by atoms with E-state index < -0.39 is 33.1 Å². The van der Waals surface area contributed by atoms with Crippen LogP contribution in [0.15, 0.2) is 30.6 Å². The number of halogens is 3. The molecule has 0 aliphatic carbocycles. The van der Waals surface area contributed by atoms with Gasteiger partial charge in [0.05, 0.1) is 23.7 Å². The van der Waals surface area contributed by atoms with E-state index in [0.29, 0.717) is 42.4 Å². The second-order valence-electron chi connectivity index (χ2n) is 9.68. The van der Waals surface area contributed by atoms with E-state index in [1.54, 1.807) is 6.92 Å². The average Bonchev–Trinajstić information content (AvgIpc) is 2.84. The smallest absolute Gasteiger partial charge is 0.233 e. The number of carbonyl (C=O) groups excluding carboxylic acids is 1. The molecule has 2 atom stereocenters. The Kier molecular flexibility index (Phi) is 9.37. The van der Waals surface area contributed by atoms with Crippen molar-refractivity contribution in [3.8, 4) is 0 Å². The molecule has 12 heteroatoms. The molecule has 3 rings (SSSR count). The quantitative estimate of drug-likeness (QED) is 0.258. The number of aromatic nitrogens is 2. The molecule has 1 fully saturated rings. The first-order chi connectivity index (χ1) is 16.9. The number of rotatable bonds is 11. The van der Waals surface area contributed by atoms with Gasteiger partial charge >= 0.3 is 0 Å². The van der Waals surface area contributed by atoms with Crippen LogP contribution in [0.4, 0.5) is 8.78 Å². The molecule has 0 unspecified atom stereocenters. The van der Waals surface area contributed by atoms with Gasteiger partial charge in [-0.05, 0) is 68.7 Å². The van der Waals surface area contributed by atoms with Gasteiger partial charge in [-0.2, -0.15) is 0 Å². The zero-order valence-corrected chi connectivity index (χ0v) is 21.9. The van der Waals surface area contributed by atoms with Crippen LogP contribution in [0.2, 0.25) is 5.02 Å². The number of piperidine rings is 1. The molecule has 1 aromatic carbocycles. The lowest BCUT2D eigenvalue weighted by molar-refractivity contribution is -0.175. The third kappa shape index (κ3) is 7.18. The number of amides is 1. The van der Waals surface area contributed by atoms with Crippen molar-refractivity contribution in [2.24, 2.45) is 5.92 Å². The summed E-state index contributed by atoms with van der Waals surface area (Å²) in [6.07, 6.45) is 4.88. The minimum absolute atomic E-state index is 0.0396. The molecule has 1 aromatic heterocycles. The van der Waals surface area contributed by atoms with Crippen molar-refractivity contribution >= 4 is 28.0 Å². The second-order valence-corrected chi connectivity index (χ2v) is 12.1. The van der Waals surface area contributed by atoms with E-state index in [0.717, 1.165) is 24.4 Å². The first kappa shape index (κ1) is 28.4. The van der Waals surface area contributed by atoms with Crippen LogP contribution in [0.25, 0.3) is 0 Å². The first-order valence-corrected chi connectivity index (χ1v) is 13.7. The molecular weight excluding hydrogens is 514 g/mol. The Morgan fingerprint density at radius 3 is 2.50 bits per heavy atom. The van der Waals surface area contributed by atoms with Crippen LogP contribution in [0.5, 0.6) is 0 Å². The summed E-state index contributed by atoms with van der Waals surface area (Å²) in [6, 6.07) is 4.27. The number of hydrogen-bond donors (Lipinski definition) is 1. The second kappa shape index (κ2) is 11.9. The Labute approximate surface area is 215 Å². The van der Waals surface area contributed by atoms with Crippen LogP contribution in [0.3, 0.4) is 0 Å². The summed E-state index contributed by atoms with van der Waals surface area (Å²) >= 11 is 6.15. The molecule has 198 valence electrons. The summed E-state index contributed by atoms with van der Waals surface area (Å²) in [5, 5.41) is 11.2. The van der Waals surface area contributed by atoms with Gasteiger partial charge in [-0.1, -0.05) is 18.5 Å². The van der Waals surface area contributed by atoms with Crippen molar-refractivity contribution in [2.45, 2.75) is 57.4 Å². The predicted octanol–water partition coefficient (Wildman–Crippen LogP) is 4.18. The fraction of sp³-hybridized carbons (Fsp3) is 0.542. The number of carbonyl (C=O) groups is 1. The van der Waals surface area contributed by atoms with Crippen molar-refractivity contribution in [1.82, 2.24) is 19.3 Å². The normalized spacial score (nSPS) is 17.9. The van der Waals surface area contributed by atoms with Crippen molar-refractivity contribution in [3.63, 3.8) is 0 Å². The molecule has 0 saturated carbocycles. The number of aryl methyl sites for hydroxylation is 1. The molecule has 1 amide bonds. The van der Waals surface area contributed by atoms with Crippen LogP contribution in [0, 0.1) is 17.6 Å². The van der Waals surface area contributed by atoms with E-state index >= 15 is 0 Å². The molecule has 0 bridgehead atoms. The van der Waals surface area contributed by atoms with Crippen LogP contribution in [-0.4, -0.2) is 63.8 Å². The van der Waals surface area contributed by atoms with Gasteiger partial charge in [0.2, 0.25) is 16.4 Å². The molecule has 1 N–H and O–H groups in total. The molecule has 1 saturated heterocycles. The molecule has 2 aromatic rings. The average molecular weight is 545 g/mol. The Morgan fingerprint density at radius 1 is 1.25 bits per heavy atom. The maximum Gasteiger partial charge on any atom is 0.233 e. The zero-order valence-electron chi connectivity index (χ0n) is 20.3. The molecule has 8 nitrogen and oxygen atoms in total. The number of nitrogens with zero attached hydrogens (tertiary/aromatic N) is 4. The summed E-state index contributed by atoms with van der Waals surface area (Å²) < 4.78 is 54.6. The Balaban J connectivity index is 1.62. The van der Waals surface area contributed by atoms with Crippen LogP contribution < -0.4 is 0 Å². The Bertz CT molecular complexity index is 1150. The van der Waals surface area contributed by atoms with Crippen LogP contribution >= 0.6 is 11.6 Å². The van der Waals surface area contributed by atoms with Gasteiger partial charge in [0, 0.05) is 24.0 Å². The summed E-state index contributed by atoms with van der Waals surface area (Å²) in [7, 11) is -3.83. The fourth-order valence-electron chi connectivity index (χ4n) is 4.73. The predicted molar refractivity (Wildman–Crippen MR) is 131 cm³/mol. The number of sulfonamides is 1. The Morgan fingerprint density at radius 2 is 1.89 bits per heavy atom. The van der Waals surface area contributed by atoms with E-state index in [-0.39, 0.29) is 30.4 Å². The molecule has 1 aliphatic rings. The highest BCUT2D eigenvalue weighted by Crippen LogP contribution is 2.31. The van der Waals surface area contributed by atoms with Crippen molar-refractivity contribution in [2.75, 3.05) is 18.8 Å². The number of hydrogen-bond acceptors (Lipinski definition) is 6. The molecule has 1 aliphatic heterocycles. The van der Waals surface area contributed by atoms with Crippen molar-refractivity contribution < 1.29 is 27.2 Å². The van der Waals surface area contributed by atoms with E-state index in [1.165, 1.54) is 29.4 Å². The van der Waals surface area contributed by atoms with Gasteiger partial charge in [0.1, 0.15) is 11.6 Å². The maximum absolute atomic E-state index is 13.5. The highest BCUT2D eigenvalue weighted by atomic mass is 35.5. The lowest BCUT2D eigenvalue weighted by atomic mass is 9.90. The van der Waals surface area contributed by atoms with Crippen LogP contribution in [-0.2, 0) is 21.2 Å². The largest absolute Gasteiger partial charge is 0.286 e. The fourth-order valence-corrected chi connectivity index (χ4v) is 6.93. The minimum atomic E-state index is -3.83. The molecule has 0 radical (unpaired) electrons. The van der Waals surface area contributed by atoms with E-state index in [9.17, 15) is 27.2 Å². The highest BCUT2D eigenvalue weighted by molar-refractivity contribution is 7.89. The first-order valence-electron chi connectivity index (χ1n) is 11.8. The summed E-state index contributed by atoms with van der Waals surface area (Å²) in [5.41, 5.74) is -0.721. The monoisotopic (exact) mass is 544 g/mol. The van der Waals surface area contributed by atoms with E-state index in [4.69, 9.17) is 11.6 Å². The van der Waals surface area contributed by atoms with Gasteiger partial charge in [-0.3, -0.25) is 10.0 Å². The highest BCUT2D eigenvalue weighted by Gasteiger charge is 2.41. The van der Waals surface area contributed by atoms with Gasteiger partial charge < -0.3 is 0 Å². The van der Waals surface area contributed by atoms with Gasteiger partial charge in [-0.25, -0.2) is 36.5 Å². The third-order valence-corrected chi connectivity index (χ3v) is 9.28. The maximum atomic E-state index is 13.5. The topological polar surface area (TPSA) is 104 Å². The van der Waals surface area contributed by atoms with Crippen LogP contribution in [0.1, 0.15) is 56.8 Å². The number of benzene rings is 1. The summed E-state index contributed by atoms with van der Waals surface area (Å²) in [4.78, 5) is 19.3. The molecule has 2 heterocycles. The van der Waals surface area contributed by atoms with Crippen molar-refractivity contribution in [3.05, 3.63) is 58.6 Å². The molecule has 0 spiro atoms. The zero-order chi connectivity index (χ0) is 26.5. The van der Waals surface area contributed by atoms with Gasteiger partial charge in [0.15, 0.2) is 5.82 Å². The SMILES string of the molecule is C[C@@H](C[C@@](C)(CS(=O)(=O)N1CCC(CCc2cc(F)ccc2Cl)CC1)N(O)C=O)c1ncc(F)cn1. The lowest BCUT2D eigenvalue weighted by Crippen LogP contribution is -2.53. The standard InChI is InChI=1S/C24H31ClF2N4O4S/c1-17(23-28-13-21(27)14-29-23)12-24(2,31(33)16-32)15-36(34,35)30-9-7-18(8-10-30)3-4-19-11-20(26)5-6-22(19)25/h5-6,11,13-14,16-18,33H,3-4,7-10,12,15H2,1-2H3/t17-,24-/m0/s1. The third-order valence-electron chi connectivity index (χ3n) is 6.77. The van der Waals surface area contributed by atoms with Gasteiger partial charge in [-0.15, -0.1) is 0 Å². The molecular formula is C24H31ClF2N4O4S. The lowest BCUT2D eigenvalue weighted by Gasteiger charge is -2.38. The number of hydroxylamine groups is 2. The van der Waals surface area contributed by atoms with E-state index in [1.807, 2.05) is 0 Å². The molecule has 36 heavy (non-hydrogen) atoms. The van der Waals surface area contributed by atoms with E-state index in [2.05, 4.69) is 9.97 Å².